The summed E-state index contributed by atoms with van der Waals surface area (Å²) in [5, 5.41) is 12.6. The molecule has 8 heteroatoms. The number of aromatic amines is 2. The molecule has 148 valence electrons. The number of aliphatic hydroxyl groups is 1. The van der Waals surface area contributed by atoms with E-state index in [0.29, 0.717) is 19.4 Å². The first-order valence-electron chi connectivity index (χ1n) is 9.53. The lowest BCUT2D eigenvalue weighted by molar-refractivity contribution is -0.125. The minimum absolute atomic E-state index is 0.0163. The summed E-state index contributed by atoms with van der Waals surface area (Å²) in [4.78, 5) is 43.6. The molecular weight excluding hydrogens is 360 g/mol. The third-order valence-corrected chi connectivity index (χ3v) is 5.75. The number of amides is 2. The third-order valence-electron chi connectivity index (χ3n) is 5.75. The highest BCUT2D eigenvalue weighted by atomic mass is 16.3. The number of imidazole rings is 1. The van der Waals surface area contributed by atoms with Gasteiger partial charge in [0.05, 0.1) is 12.6 Å². The Morgan fingerprint density at radius 2 is 2.04 bits per heavy atom. The number of hydrogen-bond acceptors (Lipinski definition) is 4. The molecule has 2 fully saturated rings. The Morgan fingerprint density at radius 1 is 1.29 bits per heavy atom. The normalized spacial score (nSPS) is 20.9. The van der Waals surface area contributed by atoms with Gasteiger partial charge in [0.25, 0.3) is 5.91 Å². The molecular formula is C20H24N4O4. The van der Waals surface area contributed by atoms with Crippen LogP contribution in [0.3, 0.4) is 0 Å². The lowest BCUT2D eigenvalue weighted by Gasteiger charge is -2.25. The van der Waals surface area contributed by atoms with Crippen molar-refractivity contribution >= 4 is 11.8 Å². The molecule has 2 amide bonds. The van der Waals surface area contributed by atoms with Crippen LogP contribution in [-0.4, -0.2) is 57.0 Å². The maximum atomic E-state index is 13.0. The SMILES string of the molecule is O=C(N[C@H](CO)Cc1ccccc1)[C@@H]1CC2(CC2)CN1C(=O)c1c[nH]c(=O)[nH]1. The maximum Gasteiger partial charge on any atom is 0.323 e. The highest BCUT2D eigenvalue weighted by Gasteiger charge is 2.55. The number of aliphatic hydroxyl groups excluding tert-OH is 1. The third kappa shape index (κ3) is 3.73. The lowest BCUT2D eigenvalue weighted by Crippen LogP contribution is -2.50. The number of nitrogens with one attached hydrogen (secondary N) is 3. The second-order valence-electron chi connectivity index (χ2n) is 7.89. The van der Waals surface area contributed by atoms with Crippen molar-refractivity contribution in [1.29, 1.82) is 0 Å². The van der Waals surface area contributed by atoms with Gasteiger partial charge in [-0.3, -0.25) is 9.59 Å². The number of aromatic nitrogens is 2. The van der Waals surface area contributed by atoms with Crippen molar-refractivity contribution in [1.82, 2.24) is 20.2 Å². The Kier molecular flexibility index (Phi) is 4.80. The van der Waals surface area contributed by atoms with E-state index < -0.39 is 17.8 Å². The monoisotopic (exact) mass is 384 g/mol. The fourth-order valence-corrected chi connectivity index (χ4v) is 4.00. The van der Waals surface area contributed by atoms with Gasteiger partial charge in [-0.1, -0.05) is 30.3 Å². The predicted molar refractivity (Wildman–Crippen MR) is 102 cm³/mol. The molecule has 1 aliphatic carbocycles. The summed E-state index contributed by atoms with van der Waals surface area (Å²) in [5.74, 6) is -0.615. The number of carbonyl (C=O) groups is 2. The van der Waals surface area contributed by atoms with E-state index in [2.05, 4.69) is 15.3 Å². The van der Waals surface area contributed by atoms with Crippen molar-refractivity contribution in [2.75, 3.05) is 13.2 Å². The van der Waals surface area contributed by atoms with Crippen molar-refractivity contribution in [3.8, 4) is 0 Å². The van der Waals surface area contributed by atoms with Gasteiger partial charge in [0.15, 0.2) is 0 Å². The molecule has 1 spiro atoms. The average molecular weight is 384 g/mol. The molecule has 2 aliphatic rings. The molecule has 4 N–H and O–H groups in total. The van der Waals surface area contributed by atoms with Crippen LogP contribution in [0, 0.1) is 5.41 Å². The highest BCUT2D eigenvalue weighted by molar-refractivity contribution is 5.96. The van der Waals surface area contributed by atoms with E-state index in [1.165, 1.54) is 6.20 Å². The summed E-state index contributed by atoms with van der Waals surface area (Å²) in [7, 11) is 0. The topological polar surface area (TPSA) is 118 Å². The first kappa shape index (κ1) is 18.5. The van der Waals surface area contributed by atoms with E-state index in [9.17, 15) is 19.5 Å². The summed E-state index contributed by atoms with van der Waals surface area (Å²) in [5.41, 5.74) is 0.740. The Morgan fingerprint density at radius 3 is 2.64 bits per heavy atom. The van der Waals surface area contributed by atoms with Crippen LogP contribution in [0.1, 0.15) is 35.3 Å². The molecule has 2 atom stereocenters. The van der Waals surface area contributed by atoms with E-state index in [-0.39, 0.29) is 29.5 Å². The van der Waals surface area contributed by atoms with Crippen molar-refractivity contribution in [3.63, 3.8) is 0 Å². The van der Waals surface area contributed by atoms with Crippen LogP contribution in [0.15, 0.2) is 41.3 Å². The standard InChI is InChI=1S/C20H24N4O4/c25-11-14(8-13-4-2-1-3-5-13)22-17(26)16-9-20(6-7-20)12-24(16)18(27)15-10-21-19(28)23-15/h1-5,10,14,16,25H,6-9,11-12H2,(H,22,26)(H2,21,23,28)/t14-,16-/m0/s1. The minimum atomic E-state index is -0.599. The quantitative estimate of drug-likeness (QED) is 0.577. The van der Waals surface area contributed by atoms with E-state index >= 15 is 0 Å². The van der Waals surface area contributed by atoms with Gasteiger partial charge in [-0.05, 0) is 36.7 Å². The number of carbonyl (C=O) groups excluding carboxylic acids is 2. The van der Waals surface area contributed by atoms with Crippen LogP contribution >= 0.6 is 0 Å². The van der Waals surface area contributed by atoms with Crippen molar-refractivity contribution in [2.24, 2.45) is 5.41 Å². The Bertz CT molecular complexity index is 916. The number of hydrogen-bond donors (Lipinski definition) is 4. The zero-order chi connectivity index (χ0) is 19.7. The Hall–Kier alpha value is -2.87. The number of nitrogens with zero attached hydrogens (tertiary/aromatic N) is 1. The van der Waals surface area contributed by atoms with E-state index in [0.717, 1.165) is 18.4 Å². The number of H-pyrrole nitrogens is 2. The zero-order valence-electron chi connectivity index (χ0n) is 15.5. The number of rotatable bonds is 6. The zero-order valence-corrected chi connectivity index (χ0v) is 15.5. The van der Waals surface area contributed by atoms with Crippen molar-refractivity contribution in [3.05, 3.63) is 58.3 Å². The number of likely N-dealkylation sites (tertiary alicyclic amines) is 1. The van der Waals surface area contributed by atoms with E-state index in [4.69, 9.17) is 0 Å². The maximum absolute atomic E-state index is 13.0. The summed E-state index contributed by atoms with van der Waals surface area (Å²) in [6.45, 7) is 0.331. The van der Waals surface area contributed by atoms with Crippen LogP contribution in [-0.2, 0) is 11.2 Å². The summed E-state index contributed by atoms with van der Waals surface area (Å²) in [6.07, 6.45) is 4.46. The average Bonchev–Trinajstić information content (AvgIpc) is 3.13. The molecule has 1 saturated heterocycles. The predicted octanol–water partition coefficient (Wildman–Crippen LogP) is 0.417. The first-order valence-corrected chi connectivity index (χ1v) is 9.53. The van der Waals surface area contributed by atoms with Gasteiger partial charge in [0.1, 0.15) is 11.7 Å². The molecule has 1 saturated carbocycles. The molecule has 1 aromatic heterocycles. The van der Waals surface area contributed by atoms with Gasteiger partial charge in [-0.2, -0.15) is 0 Å². The fraction of sp³-hybridized carbons (Fsp3) is 0.450. The van der Waals surface area contributed by atoms with Crippen LogP contribution in [0.2, 0.25) is 0 Å². The molecule has 0 unspecified atom stereocenters. The van der Waals surface area contributed by atoms with Gasteiger partial charge < -0.3 is 25.3 Å². The highest BCUT2D eigenvalue weighted by Crippen LogP contribution is 2.55. The second-order valence-corrected chi connectivity index (χ2v) is 7.89. The largest absolute Gasteiger partial charge is 0.394 e. The molecule has 2 aromatic rings. The summed E-state index contributed by atoms with van der Waals surface area (Å²) in [6, 6.07) is 8.62. The van der Waals surface area contributed by atoms with Crippen molar-refractivity contribution in [2.45, 2.75) is 37.8 Å². The van der Waals surface area contributed by atoms with E-state index in [1.54, 1.807) is 4.90 Å². The molecule has 28 heavy (non-hydrogen) atoms. The van der Waals surface area contributed by atoms with Gasteiger partial charge in [0, 0.05) is 12.7 Å². The molecule has 2 heterocycles. The summed E-state index contributed by atoms with van der Waals surface area (Å²) < 4.78 is 0. The second kappa shape index (κ2) is 7.27. The van der Waals surface area contributed by atoms with Gasteiger partial charge >= 0.3 is 5.69 Å². The van der Waals surface area contributed by atoms with Crippen LogP contribution < -0.4 is 11.0 Å². The van der Waals surface area contributed by atoms with Crippen LogP contribution in [0.5, 0.6) is 0 Å². The first-order chi connectivity index (χ1) is 13.5. The van der Waals surface area contributed by atoms with Gasteiger partial charge in [0.2, 0.25) is 5.91 Å². The van der Waals surface area contributed by atoms with Crippen LogP contribution in [0.4, 0.5) is 0 Å². The smallest absolute Gasteiger partial charge is 0.323 e. The summed E-state index contributed by atoms with van der Waals surface area (Å²) >= 11 is 0. The lowest BCUT2D eigenvalue weighted by atomic mass is 10.0. The molecule has 4 rings (SSSR count). The number of benzene rings is 1. The van der Waals surface area contributed by atoms with E-state index in [1.807, 2.05) is 30.3 Å². The Balaban J connectivity index is 1.47. The molecule has 1 aliphatic heterocycles. The molecule has 1 aromatic carbocycles. The Labute approximate surface area is 162 Å². The minimum Gasteiger partial charge on any atom is -0.394 e. The molecule has 8 nitrogen and oxygen atoms in total. The van der Waals surface area contributed by atoms with Gasteiger partial charge in [-0.25, -0.2) is 4.79 Å². The fourth-order valence-electron chi connectivity index (χ4n) is 4.00. The van der Waals surface area contributed by atoms with Crippen LogP contribution in [0.25, 0.3) is 0 Å². The molecule has 0 bridgehead atoms. The van der Waals surface area contributed by atoms with Crippen molar-refractivity contribution < 1.29 is 14.7 Å². The van der Waals surface area contributed by atoms with Gasteiger partial charge in [-0.15, -0.1) is 0 Å². The molecule has 0 radical (unpaired) electrons.